The molecule has 5 rings (SSSR count). The summed E-state index contributed by atoms with van der Waals surface area (Å²) in [6, 6.07) is 15.6. The van der Waals surface area contributed by atoms with Crippen LogP contribution in [0.4, 0.5) is 0 Å². The third-order valence-electron chi connectivity index (χ3n) is 7.70. The Hall–Kier alpha value is -3.19. The summed E-state index contributed by atoms with van der Waals surface area (Å²) in [5.74, 6) is -1.41. The van der Waals surface area contributed by atoms with Gasteiger partial charge in [-0.3, -0.25) is 24.2 Å². The minimum Gasteiger partial charge on any atom is -0.497 e. The Balaban J connectivity index is 1.57. The smallest absolute Gasteiger partial charge is 0.327 e. The number of piperidine rings is 1. The number of nitrogens with zero attached hydrogens (tertiary/aromatic N) is 2. The van der Waals surface area contributed by atoms with Crippen molar-refractivity contribution in [2.75, 3.05) is 27.8 Å². The van der Waals surface area contributed by atoms with Crippen LogP contribution in [-0.2, 0) is 19.1 Å². The van der Waals surface area contributed by atoms with Crippen molar-refractivity contribution in [2.45, 2.75) is 30.8 Å². The highest BCUT2D eigenvalue weighted by Crippen LogP contribution is 2.58. The van der Waals surface area contributed by atoms with Gasteiger partial charge in [-0.05, 0) is 54.6 Å². The number of carbonyl (C=O) groups is 3. The SMILES string of the molecule is COC(=O)[C@@]12CCCCN1[C@H](c1ccc(-c3ccc(OC)cc3)cc1)[C@@H]1C(=O)N(C)C(=O)[C@@H]12. The van der Waals surface area contributed by atoms with Crippen LogP contribution < -0.4 is 4.74 Å². The largest absolute Gasteiger partial charge is 0.497 e. The van der Waals surface area contributed by atoms with Gasteiger partial charge in [-0.25, -0.2) is 0 Å². The topological polar surface area (TPSA) is 76.2 Å². The standard InChI is InChI=1S/C26H28N2O5/c1-27-23(29)20-21(24(27)30)26(25(31)33-3)14-4-5-15-28(26)22(20)18-8-6-16(7-9-18)17-10-12-19(32-2)13-11-17/h6-13,20-22H,4-5,14-15H2,1-3H3/t20-,21-,22-,26+/m1/s1. The van der Waals surface area contributed by atoms with Gasteiger partial charge >= 0.3 is 5.97 Å². The second-order valence-corrected chi connectivity index (χ2v) is 9.10. The summed E-state index contributed by atoms with van der Waals surface area (Å²) in [4.78, 5) is 42.9. The molecule has 4 atom stereocenters. The second-order valence-electron chi connectivity index (χ2n) is 9.10. The molecule has 0 aliphatic carbocycles. The Morgan fingerprint density at radius 1 is 0.939 bits per heavy atom. The van der Waals surface area contributed by atoms with Crippen molar-refractivity contribution in [3.05, 3.63) is 54.1 Å². The minimum absolute atomic E-state index is 0.216. The predicted molar refractivity (Wildman–Crippen MR) is 121 cm³/mol. The van der Waals surface area contributed by atoms with Crippen LogP contribution in [0.5, 0.6) is 5.75 Å². The molecule has 0 aromatic heterocycles. The highest BCUT2D eigenvalue weighted by atomic mass is 16.5. The number of hydrogen-bond donors (Lipinski definition) is 0. The molecule has 7 nitrogen and oxygen atoms in total. The molecule has 3 fully saturated rings. The Morgan fingerprint density at radius 2 is 1.58 bits per heavy atom. The molecule has 0 bridgehead atoms. The molecule has 0 unspecified atom stereocenters. The molecular formula is C26H28N2O5. The molecule has 3 heterocycles. The zero-order chi connectivity index (χ0) is 23.3. The summed E-state index contributed by atoms with van der Waals surface area (Å²) in [6.45, 7) is 0.650. The van der Waals surface area contributed by atoms with Crippen LogP contribution in [-0.4, -0.2) is 60.9 Å². The van der Waals surface area contributed by atoms with E-state index < -0.39 is 23.3 Å². The van der Waals surface area contributed by atoms with Crippen molar-refractivity contribution in [3.8, 4) is 16.9 Å². The van der Waals surface area contributed by atoms with Crippen LogP contribution in [0, 0.1) is 11.8 Å². The normalized spacial score (nSPS) is 29.1. The number of amides is 2. The number of hydrogen-bond acceptors (Lipinski definition) is 6. The van der Waals surface area contributed by atoms with Gasteiger partial charge in [0, 0.05) is 13.1 Å². The van der Waals surface area contributed by atoms with E-state index in [-0.39, 0.29) is 17.9 Å². The van der Waals surface area contributed by atoms with Gasteiger partial charge in [0.15, 0.2) is 0 Å². The van der Waals surface area contributed by atoms with Crippen LogP contribution >= 0.6 is 0 Å². The molecule has 0 spiro atoms. The van der Waals surface area contributed by atoms with Gasteiger partial charge in [0.25, 0.3) is 0 Å². The molecule has 33 heavy (non-hydrogen) atoms. The van der Waals surface area contributed by atoms with Gasteiger partial charge in [-0.2, -0.15) is 0 Å². The summed E-state index contributed by atoms with van der Waals surface area (Å²) in [7, 11) is 4.52. The maximum Gasteiger partial charge on any atom is 0.327 e. The average Bonchev–Trinajstić information content (AvgIpc) is 3.30. The van der Waals surface area contributed by atoms with Gasteiger partial charge in [0.2, 0.25) is 11.8 Å². The van der Waals surface area contributed by atoms with E-state index in [2.05, 4.69) is 4.90 Å². The predicted octanol–water partition coefficient (Wildman–Crippen LogP) is 3.05. The third-order valence-corrected chi connectivity index (χ3v) is 7.70. The highest BCUT2D eigenvalue weighted by molar-refractivity contribution is 6.09. The number of rotatable bonds is 4. The van der Waals surface area contributed by atoms with Crippen molar-refractivity contribution < 1.29 is 23.9 Å². The zero-order valence-electron chi connectivity index (χ0n) is 19.1. The van der Waals surface area contributed by atoms with Crippen LogP contribution in [0.1, 0.15) is 30.9 Å². The molecule has 2 amide bonds. The summed E-state index contributed by atoms with van der Waals surface area (Å²) in [5, 5.41) is 0. The maximum atomic E-state index is 13.2. The molecule has 0 saturated carbocycles. The van der Waals surface area contributed by atoms with E-state index in [9.17, 15) is 14.4 Å². The van der Waals surface area contributed by atoms with Crippen molar-refractivity contribution in [3.63, 3.8) is 0 Å². The summed E-state index contributed by atoms with van der Waals surface area (Å²) in [5.41, 5.74) is 1.95. The molecule has 0 N–H and O–H groups in total. The van der Waals surface area contributed by atoms with E-state index in [0.29, 0.717) is 13.0 Å². The Morgan fingerprint density at radius 3 is 2.18 bits per heavy atom. The van der Waals surface area contributed by atoms with Gasteiger partial charge in [0.05, 0.1) is 26.1 Å². The average molecular weight is 449 g/mol. The number of imide groups is 1. The molecule has 3 aliphatic heterocycles. The van der Waals surface area contributed by atoms with Gasteiger partial charge in [0.1, 0.15) is 11.3 Å². The molecule has 2 aromatic carbocycles. The van der Waals surface area contributed by atoms with Crippen LogP contribution in [0.15, 0.2) is 48.5 Å². The molecule has 3 saturated heterocycles. The Kier molecular flexibility index (Phi) is 5.24. The number of methoxy groups -OCH3 is 2. The lowest BCUT2D eigenvalue weighted by atomic mass is 9.75. The summed E-state index contributed by atoms with van der Waals surface area (Å²) < 4.78 is 10.5. The first-order chi connectivity index (χ1) is 15.9. The first-order valence-electron chi connectivity index (χ1n) is 11.3. The van der Waals surface area contributed by atoms with Crippen molar-refractivity contribution in [1.29, 1.82) is 0 Å². The fourth-order valence-electron chi connectivity index (χ4n) is 6.16. The number of benzene rings is 2. The molecule has 0 radical (unpaired) electrons. The van der Waals surface area contributed by atoms with Gasteiger partial charge in [-0.1, -0.05) is 36.4 Å². The van der Waals surface area contributed by atoms with E-state index in [1.807, 2.05) is 48.5 Å². The number of esters is 1. The Labute approximate surface area is 193 Å². The quantitative estimate of drug-likeness (QED) is 0.529. The first-order valence-corrected chi connectivity index (χ1v) is 11.3. The van der Waals surface area contributed by atoms with Gasteiger partial charge < -0.3 is 9.47 Å². The number of carbonyl (C=O) groups excluding carboxylic acids is 3. The molecule has 7 heteroatoms. The number of fused-ring (bicyclic) bond motifs is 3. The minimum atomic E-state index is -1.09. The monoisotopic (exact) mass is 448 g/mol. The summed E-state index contributed by atoms with van der Waals surface area (Å²) in [6.07, 6.45) is 2.26. The zero-order valence-corrected chi connectivity index (χ0v) is 19.1. The van der Waals surface area contributed by atoms with Crippen LogP contribution in [0.2, 0.25) is 0 Å². The van der Waals surface area contributed by atoms with E-state index in [1.165, 1.54) is 19.1 Å². The molecule has 3 aliphatic rings. The van der Waals surface area contributed by atoms with Crippen molar-refractivity contribution in [1.82, 2.24) is 9.80 Å². The van der Waals surface area contributed by atoms with E-state index in [4.69, 9.17) is 9.47 Å². The van der Waals surface area contributed by atoms with E-state index in [0.717, 1.165) is 35.3 Å². The number of likely N-dealkylation sites (tertiary alicyclic amines) is 1. The molecule has 172 valence electrons. The van der Waals surface area contributed by atoms with Gasteiger partial charge in [-0.15, -0.1) is 0 Å². The Bertz CT molecular complexity index is 1100. The lowest BCUT2D eigenvalue weighted by Gasteiger charge is -2.44. The highest BCUT2D eigenvalue weighted by Gasteiger charge is 2.72. The van der Waals surface area contributed by atoms with Crippen molar-refractivity contribution in [2.24, 2.45) is 11.8 Å². The lowest BCUT2D eigenvalue weighted by Crippen LogP contribution is -2.59. The molecule has 2 aromatic rings. The van der Waals surface area contributed by atoms with Crippen LogP contribution in [0.25, 0.3) is 11.1 Å². The second kappa shape index (κ2) is 7.99. The lowest BCUT2D eigenvalue weighted by molar-refractivity contribution is -0.163. The van der Waals surface area contributed by atoms with E-state index in [1.54, 1.807) is 7.11 Å². The van der Waals surface area contributed by atoms with Crippen molar-refractivity contribution >= 4 is 17.8 Å². The van der Waals surface area contributed by atoms with Crippen LogP contribution in [0.3, 0.4) is 0 Å². The first kappa shape index (κ1) is 21.6. The fourth-order valence-corrected chi connectivity index (χ4v) is 6.16. The third kappa shape index (κ3) is 3.02. The summed E-state index contributed by atoms with van der Waals surface area (Å²) >= 11 is 0. The number of ether oxygens (including phenoxy) is 2. The molecular weight excluding hydrogens is 420 g/mol. The maximum absolute atomic E-state index is 13.2. The fraction of sp³-hybridized carbons (Fsp3) is 0.423. The van der Waals surface area contributed by atoms with E-state index >= 15 is 0 Å².